The number of rotatable bonds is 3. The van der Waals surface area contributed by atoms with Crippen molar-refractivity contribution in [1.82, 2.24) is 4.90 Å². The summed E-state index contributed by atoms with van der Waals surface area (Å²) in [7, 11) is 0. The van der Waals surface area contributed by atoms with Crippen molar-refractivity contribution in [3.8, 4) is 0 Å². The summed E-state index contributed by atoms with van der Waals surface area (Å²) in [4.78, 5) is 26.6. The fourth-order valence-electron chi connectivity index (χ4n) is 3.91. The van der Waals surface area contributed by atoms with E-state index < -0.39 is 0 Å². The van der Waals surface area contributed by atoms with Crippen LogP contribution in [0.3, 0.4) is 0 Å². The number of carbonyl (C=O) groups excluding carboxylic acids is 2. The van der Waals surface area contributed by atoms with Crippen LogP contribution in [0.2, 0.25) is 0 Å². The van der Waals surface area contributed by atoms with Gasteiger partial charge in [-0.3, -0.25) is 14.5 Å². The van der Waals surface area contributed by atoms with E-state index in [1.807, 2.05) is 30.3 Å². The molecule has 0 radical (unpaired) electrons. The van der Waals surface area contributed by atoms with Crippen LogP contribution in [0.25, 0.3) is 0 Å². The van der Waals surface area contributed by atoms with E-state index >= 15 is 0 Å². The third-order valence-electron chi connectivity index (χ3n) is 4.97. The standard InChI is InChI=1S/C17H22N2O2/c18-12-14(13-6-2-1-3-7-13)19-15(20)10-17(11-16(19)21)8-4-5-9-17/h1-3,6-7,14H,4-5,8-12,18H2. The Balaban J connectivity index is 1.85. The predicted octanol–water partition coefficient (Wildman–Crippen LogP) is 2.40. The molecule has 0 bridgehead atoms. The first kappa shape index (κ1) is 14.3. The average molecular weight is 286 g/mol. The fraction of sp³-hybridized carbons (Fsp3) is 0.529. The van der Waals surface area contributed by atoms with E-state index in [9.17, 15) is 9.59 Å². The summed E-state index contributed by atoms with van der Waals surface area (Å²) in [5.41, 5.74) is 6.74. The molecule has 4 nitrogen and oxygen atoms in total. The molecule has 1 heterocycles. The van der Waals surface area contributed by atoms with E-state index in [0.29, 0.717) is 12.8 Å². The summed E-state index contributed by atoms with van der Waals surface area (Å²) in [5.74, 6) is -0.0973. The molecule has 21 heavy (non-hydrogen) atoms. The van der Waals surface area contributed by atoms with Gasteiger partial charge in [0.1, 0.15) is 0 Å². The molecule has 1 atom stereocenters. The van der Waals surface area contributed by atoms with Crippen LogP contribution in [0.15, 0.2) is 30.3 Å². The molecule has 1 saturated heterocycles. The summed E-state index contributed by atoms with van der Waals surface area (Å²) < 4.78 is 0. The minimum Gasteiger partial charge on any atom is -0.328 e. The topological polar surface area (TPSA) is 63.4 Å². The largest absolute Gasteiger partial charge is 0.328 e. The maximum absolute atomic E-state index is 12.6. The van der Waals surface area contributed by atoms with Crippen LogP contribution >= 0.6 is 0 Å². The Morgan fingerprint density at radius 3 is 2.14 bits per heavy atom. The summed E-state index contributed by atoms with van der Waals surface area (Å²) in [5, 5.41) is 0. The molecule has 3 rings (SSSR count). The molecular formula is C17H22N2O2. The van der Waals surface area contributed by atoms with E-state index in [4.69, 9.17) is 5.73 Å². The van der Waals surface area contributed by atoms with Crippen molar-refractivity contribution in [2.45, 2.75) is 44.6 Å². The molecule has 1 aromatic carbocycles. The first-order chi connectivity index (χ1) is 10.2. The van der Waals surface area contributed by atoms with Gasteiger partial charge >= 0.3 is 0 Å². The minimum absolute atomic E-state index is 0.0487. The Bertz CT molecular complexity index is 515. The maximum Gasteiger partial charge on any atom is 0.230 e. The van der Waals surface area contributed by atoms with E-state index in [-0.39, 0.29) is 29.8 Å². The molecule has 2 amide bonds. The number of hydrogen-bond donors (Lipinski definition) is 1. The van der Waals surface area contributed by atoms with Crippen molar-refractivity contribution in [2.24, 2.45) is 11.1 Å². The number of nitrogens with zero attached hydrogens (tertiary/aromatic N) is 1. The van der Waals surface area contributed by atoms with Crippen molar-refractivity contribution in [3.63, 3.8) is 0 Å². The monoisotopic (exact) mass is 286 g/mol. The number of amides is 2. The lowest BCUT2D eigenvalue weighted by atomic mass is 9.76. The number of hydrogen-bond acceptors (Lipinski definition) is 3. The third-order valence-corrected chi connectivity index (χ3v) is 4.97. The highest BCUT2D eigenvalue weighted by Crippen LogP contribution is 2.47. The van der Waals surface area contributed by atoms with Crippen molar-refractivity contribution in [2.75, 3.05) is 6.54 Å². The molecule has 1 unspecified atom stereocenters. The molecule has 2 aliphatic rings. The van der Waals surface area contributed by atoms with Crippen molar-refractivity contribution >= 4 is 11.8 Å². The van der Waals surface area contributed by atoms with Crippen LogP contribution in [-0.2, 0) is 9.59 Å². The zero-order valence-corrected chi connectivity index (χ0v) is 12.3. The second-order valence-electron chi connectivity index (χ2n) is 6.38. The fourth-order valence-corrected chi connectivity index (χ4v) is 3.91. The predicted molar refractivity (Wildman–Crippen MR) is 80.2 cm³/mol. The van der Waals surface area contributed by atoms with E-state index in [1.54, 1.807) is 0 Å². The zero-order chi connectivity index (χ0) is 14.9. The molecule has 2 N–H and O–H groups in total. The number of likely N-dealkylation sites (tertiary alicyclic amines) is 1. The molecule has 0 aromatic heterocycles. The van der Waals surface area contributed by atoms with Crippen LogP contribution in [0.4, 0.5) is 0 Å². The van der Waals surface area contributed by atoms with Gasteiger partial charge in [-0.2, -0.15) is 0 Å². The zero-order valence-electron chi connectivity index (χ0n) is 12.3. The highest BCUT2D eigenvalue weighted by molar-refractivity contribution is 5.99. The first-order valence-corrected chi connectivity index (χ1v) is 7.75. The summed E-state index contributed by atoms with van der Waals surface area (Å²) in [6, 6.07) is 9.27. The van der Waals surface area contributed by atoms with E-state index in [2.05, 4.69) is 0 Å². The number of benzene rings is 1. The summed E-state index contributed by atoms with van der Waals surface area (Å²) in [6.07, 6.45) is 5.30. The van der Waals surface area contributed by atoms with Gasteiger partial charge in [0.25, 0.3) is 0 Å². The summed E-state index contributed by atoms with van der Waals surface area (Å²) in [6.45, 7) is 0.272. The Morgan fingerprint density at radius 2 is 1.62 bits per heavy atom. The quantitative estimate of drug-likeness (QED) is 0.868. The number of carbonyl (C=O) groups is 2. The van der Waals surface area contributed by atoms with Gasteiger partial charge in [-0.05, 0) is 23.8 Å². The molecule has 1 saturated carbocycles. The van der Waals surface area contributed by atoms with Crippen LogP contribution in [0.5, 0.6) is 0 Å². The van der Waals surface area contributed by atoms with Gasteiger partial charge in [-0.1, -0.05) is 43.2 Å². The number of piperidine rings is 1. The van der Waals surface area contributed by atoms with Crippen LogP contribution in [0, 0.1) is 5.41 Å². The second kappa shape index (κ2) is 5.60. The SMILES string of the molecule is NCC(c1ccccc1)N1C(=O)CC2(CCCC2)CC1=O. The van der Waals surface area contributed by atoms with Crippen molar-refractivity contribution in [1.29, 1.82) is 0 Å². The lowest BCUT2D eigenvalue weighted by Gasteiger charge is -2.40. The third kappa shape index (κ3) is 2.60. The summed E-state index contributed by atoms with van der Waals surface area (Å²) >= 11 is 0. The van der Waals surface area contributed by atoms with E-state index in [1.165, 1.54) is 4.90 Å². The molecule has 4 heteroatoms. The van der Waals surface area contributed by atoms with Gasteiger partial charge in [0, 0.05) is 19.4 Å². The normalized spacial score (nSPS) is 22.8. The van der Waals surface area contributed by atoms with Gasteiger partial charge in [-0.25, -0.2) is 0 Å². The van der Waals surface area contributed by atoms with Gasteiger partial charge < -0.3 is 5.73 Å². The number of imide groups is 1. The van der Waals surface area contributed by atoms with Crippen LogP contribution in [-0.4, -0.2) is 23.3 Å². The van der Waals surface area contributed by atoms with Gasteiger partial charge in [-0.15, -0.1) is 0 Å². The highest BCUT2D eigenvalue weighted by atomic mass is 16.2. The van der Waals surface area contributed by atoms with E-state index in [0.717, 1.165) is 31.2 Å². The Kier molecular flexibility index (Phi) is 3.81. The lowest BCUT2D eigenvalue weighted by molar-refractivity contribution is -0.156. The molecule has 1 aliphatic heterocycles. The van der Waals surface area contributed by atoms with Crippen LogP contribution < -0.4 is 5.73 Å². The molecule has 1 aliphatic carbocycles. The molecular weight excluding hydrogens is 264 g/mol. The first-order valence-electron chi connectivity index (χ1n) is 7.75. The average Bonchev–Trinajstić information content (AvgIpc) is 2.91. The number of nitrogens with two attached hydrogens (primary N) is 1. The molecule has 112 valence electrons. The Morgan fingerprint density at radius 1 is 1.05 bits per heavy atom. The smallest absolute Gasteiger partial charge is 0.230 e. The molecule has 2 fully saturated rings. The van der Waals surface area contributed by atoms with Gasteiger partial charge in [0.05, 0.1) is 6.04 Å². The van der Waals surface area contributed by atoms with Crippen LogP contribution in [0.1, 0.15) is 50.1 Å². The highest BCUT2D eigenvalue weighted by Gasteiger charge is 2.46. The maximum atomic E-state index is 12.6. The Hall–Kier alpha value is -1.68. The minimum atomic E-state index is -0.329. The lowest BCUT2D eigenvalue weighted by Crippen LogP contribution is -2.50. The van der Waals surface area contributed by atoms with Crippen molar-refractivity contribution < 1.29 is 9.59 Å². The molecule has 1 spiro atoms. The van der Waals surface area contributed by atoms with Gasteiger partial charge in [0.2, 0.25) is 11.8 Å². The second-order valence-corrected chi connectivity index (χ2v) is 6.38. The molecule has 1 aromatic rings. The van der Waals surface area contributed by atoms with Gasteiger partial charge in [0.15, 0.2) is 0 Å². The van der Waals surface area contributed by atoms with Crippen molar-refractivity contribution in [3.05, 3.63) is 35.9 Å². The Labute approximate surface area is 125 Å².